The molecule has 0 spiro atoms. The first-order valence-electron chi connectivity index (χ1n) is 8.04. The molecule has 1 amide bonds. The maximum atomic E-state index is 11.8. The zero-order valence-electron chi connectivity index (χ0n) is 13.2. The third kappa shape index (κ3) is 7.20. The fraction of sp³-hybridized carbons (Fsp3) is 0.316. The van der Waals surface area contributed by atoms with Gasteiger partial charge in [-0.05, 0) is 49.1 Å². The Morgan fingerprint density at radius 2 is 1.65 bits per heavy atom. The number of hydrogen-bond donors (Lipinski definition) is 2. The average Bonchev–Trinajstić information content (AvgIpc) is 2.57. The lowest BCUT2D eigenvalue weighted by molar-refractivity contribution is -0.121. The predicted molar refractivity (Wildman–Crippen MR) is 96.9 cm³/mol. The third-order valence-electron chi connectivity index (χ3n) is 3.56. The minimum Gasteiger partial charge on any atom is -0.385 e. The Labute approximate surface area is 143 Å². The Balaban J connectivity index is 1.51. The van der Waals surface area contributed by atoms with E-state index in [0.717, 1.165) is 36.5 Å². The summed E-state index contributed by atoms with van der Waals surface area (Å²) in [6, 6.07) is 17.9. The lowest BCUT2D eigenvalue weighted by atomic mass is 10.1. The highest BCUT2D eigenvalue weighted by molar-refractivity contribution is 6.30. The van der Waals surface area contributed by atoms with E-state index >= 15 is 0 Å². The summed E-state index contributed by atoms with van der Waals surface area (Å²) in [5.74, 6) is 0.124. The molecule has 0 aliphatic carbocycles. The first-order valence-corrected chi connectivity index (χ1v) is 8.42. The molecule has 0 saturated heterocycles. The van der Waals surface area contributed by atoms with E-state index < -0.39 is 0 Å². The van der Waals surface area contributed by atoms with Crippen molar-refractivity contribution in [3.8, 4) is 0 Å². The van der Waals surface area contributed by atoms with Crippen molar-refractivity contribution < 1.29 is 4.79 Å². The topological polar surface area (TPSA) is 41.1 Å². The van der Waals surface area contributed by atoms with E-state index in [2.05, 4.69) is 10.6 Å². The van der Waals surface area contributed by atoms with E-state index in [1.165, 1.54) is 5.56 Å². The van der Waals surface area contributed by atoms with E-state index in [-0.39, 0.29) is 5.91 Å². The number of carbonyl (C=O) groups excluding carboxylic acids is 1. The van der Waals surface area contributed by atoms with E-state index in [1.807, 2.05) is 54.6 Å². The third-order valence-corrected chi connectivity index (χ3v) is 3.81. The Bertz CT molecular complexity index is 584. The number of halogens is 1. The average molecular weight is 331 g/mol. The molecule has 0 aliphatic heterocycles. The molecule has 0 atom stereocenters. The summed E-state index contributed by atoms with van der Waals surface area (Å²) in [5.41, 5.74) is 2.33. The molecule has 122 valence electrons. The van der Waals surface area contributed by atoms with Crippen molar-refractivity contribution in [3.05, 3.63) is 65.2 Å². The van der Waals surface area contributed by atoms with Gasteiger partial charge in [-0.15, -0.1) is 0 Å². The minimum absolute atomic E-state index is 0.124. The van der Waals surface area contributed by atoms with Crippen LogP contribution in [0.3, 0.4) is 0 Å². The Kier molecular flexibility index (Phi) is 7.47. The van der Waals surface area contributed by atoms with E-state index in [4.69, 9.17) is 11.6 Å². The van der Waals surface area contributed by atoms with Gasteiger partial charge in [0.1, 0.15) is 0 Å². The van der Waals surface area contributed by atoms with Crippen LogP contribution in [0.5, 0.6) is 0 Å². The molecule has 2 N–H and O–H groups in total. The van der Waals surface area contributed by atoms with Crippen LogP contribution >= 0.6 is 11.6 Å². The van der Waals surface area contributed by atoms with Crippen molar-refractivity contribution in [2.75, 3.05) is 18.4 Å². The van der Waals surface area contributed by atoms with Gasteiger partial charge in [-0.25, -0.2) is 0 Å². The lowest BCUT2D eigenvalue weighted by Crippen LogP contribution is -2.25. The molecule has 23 heavy (non-hydrogen) atoms. The second-order valence-electron chi connectivity index (χ2n) is 5.48. The highest BCUT2D eigenvalue weighted by Gasteiger charge is 2.01. The summed E-state index contributed by atoms with van der Waals surface area (Å²) in [6.07, 6.45) is 3.24. The maximum absolute atomic E-state index is 11.8. The number of amides is 1. The molecule has 3 nitrogen and oxygen atoms in total. The molecule has 4 heteroatoms. The van der Waals surface area contributed by atoms with Crippen molar-refractivity contribution in [2.24, 2.45) is 0 Å². The Hall–Kier alpha value is -2.00. The maximum Gasteiger partial charge on any atom is 0.220 e. The minimum atomic E-state index is 0.124. The van der Waals surface area contributed by atoms with E-state index in [9.17, 15) is 4.79 Å². The lowest BCUT2D eigenvalue weighted by Gasteiger charge is -2.07. The number of rotatable bonds is 9. The molecular weight excluding hydrogens is 308 g/mol. The molecule has 2 aromatic carbocycles. The predicted octanol–water partition coefficient (Wildman–Crippen LogP) is 4.28. The molecule has 0 heterocycles. The number of para-hydroxylation sites is 1. The van der Waals surface area contributed by atoms with Crippen LogP contribution in [0.1, 0.15) is 24.8 Å². The number of aryl methyl sites for hydroxylation is 1. The standard InChI is InChI=1S/C19H23ClN2O/c20-17-12-10-16(11-13-17)6-4-9-19(23)22-15-5-14-21-18-7-2-1-3-8-18/h1-3,7-8,10-13,21H,4-6,9,14-15H2,(H,22,23). The number of anilines is 1. The molecule has 0 saturated carbocycles. The molecule has 0 fully saturated rings. The zero-order chi connectivity index (χ0) is 16.3. The second kappa shape index (κ2) is 9.90. The van der Waals surface area contributed by atoms with Gasteiger partial charge in [-0.1, -0.05) is 41.9 Å². The summed E-state index contributed by atoms with van der Waals surface area (Å²) in [4.78, 5) is 11.8. The van der Waals surface area contributed by atoms with Crippen molar-refractivity contribution in [2.45, 2.75) is 25.7 Å². The van der Waals surface area contributed by atoms with E-state index in [1.54, 1.807) is 0 Å². The van der Waals surface area contributed by atoms with Crippen LogP contribution in [0.25, 0.3) is 0 Å². The van der Waals surface area contributed by atoms with Gasteiger partial charge in [0.05, 0.1) is 0 Å². The van der Waals surface area contributed by atoms with Crippen molar-refractivity contribution in [3.63, 3.8) is 0 Å². The van der Waals surface area contributed by atoms with Crippen molar-refractivity contribution in [1.82, 2.24) is 5.32 Å². The van der Waals surface area contributed by atoms with Gasteiger partial charge in [0.2, 0.25) is 5.91 Å². The van der Waals surface area contributed by atoms with Crippen molar-refractivity contribution >= 4 is 23.2 Å². The molecule has 0 aliphatic rings. The van der Waals surface area contributed by atoms with Crippen LogP contribution in [0.4, 0.5) is 5.69 Å². The number of benzene rings is 2. The fourth-order valence-corrected chi connectivity index (χ4v) is 2.42. The van der Waals surface area contributed by atoms with Crippen molar-refractivity contribution in [1.29, 1.82) is 0 Å². The molecular formula is C19H23ClN2O. The smallest absolute Gasteiger partial charge is 0.220 e. The summed E-state index contributed by atoms with van der Waals surface area (Å²) in [6.45, 7) is 1.56. The van der Waals surface area contributed by atoms with E-state index in [0.29, 0.717) is 13.0 Å². The first kappa shape index (κ1) is 17.4. The van der Waals surface area contributed by atoms with Gasteiger partial charge < -0.3 is 10.6 Å². The summed E-state index contributed by atoms with van der Waals surface area (Å²) < 4.78 is 0. The summed E-state index contributed by atoms with van der Waals surface area (Å²) >= 11 is 5.85. The van der Waals surface area contributed by atoms with Gasteiger partial charge in [0.25, 0.3) is 0 Å². The summed E-state index contributed by atoms with van der Waals surface area (Å²) in [5, 5.41) is 7.04. The molecule has 2 rings (SSSR count). The van der Waals surface area contributed by atoms with Gasteiger partial charge in [-0.3, -0.25) is 4.79 Å². The fourth-order valence-electron chi connectivity index (χ4n) is 2.30. The molecule has 0 aromatic heterocycles. The second-order valence-corrected chi connectivity index (χ2v) is 5.91. The monoisotopic (exact) mass is 330 g/mol. The number of nitrogens with one attached hydrogen (secondary N) is 2. The highest BCUT2D eigenvalue weighted by Crippen LogP contribution is 2.11. The number of hydrogen-bond acceptors (Lipinski definition) is 2. The Morgan fingerprint density at radius 1 is 0.913 bits per heavy atom. The van der Waals surface area contributed by atoms with Crippen LogP contribution in [-0.2, 0) is 11.2 Å². The van der Waals surface area contributed by atoms with Crippen LogP contribution in [0.15, 0.2) is 54.6 Å². The SMILES string of the molecule is O=C(CCCc1ccc(Cl)cc1)NCCCNc1ccccc1. The summed E-state index contributed by atoms with van der Waals surface area (Å²) in [7, 11) is 0. The highest BCUT2D eigenvalue weighted by atomic mass is 35.5. The largest absolute Gasteiger partial charge is 0.385 e. The van der Waals surface area contributed by atoms with Crippen LogP contribution < -0.4 is 10.6 Å². The molecule has 0 bridgehead atoms. The van der Waals surface area contributed by atoms with Gasteiger partial charge >= 0.3 is 0 Å². The Morgan fingerprint density at radius 3 is 2.39 bits per heavy atom. The number of carbonyl (C=O) groups is 1. The van der Waals surface area contributed by atoms with Gasteiger partial charge in [0.15, 0.2) is 0 Å². The first-order chi connectivity index (χ1) is 11.2. The quantitative estimate of drug-likeness (QED) is 0.674. The van der Waals surface area contributed by atoms with Crippen LogP contribution in [0, 0.1) is 0 Å². The van der Waals surface area contributed by atoms with Crippen LogP contribution in [0.2, 0.25) is 5.02 Å². The molecule has 2 aromatic rings. The van der Waals surface area contributed by atoms with Crippen LogP contribution in [-0.4, -0.2) is 19.0 Å². The zero-order valence-corrected chi connectivity index (χ0v) is 14.0. The molecule has 0 unspecified atom stereocenters. The normalized spacial score (nSPS) is 10.3. The molecule has 0 radical (unpaired) electrons. The van der Waals surface area contributed by atoms with Gasteiger partial charge in [0, 0.05) is 30.2 Å². The van der Waals surface area contributed by atoms with Gasteiger partial charge in [-0.2, -0.15) is 0 Å².